The number of hydrogen-bond donors (Lipinski definition) is 3. The third-order valence-electron chi connectivity index (χ3n) is 6.56. The first-order chi connectivity index (χ1) is 17.5. The standard InChI is InChI=1S/C19H23N5OS.C8H17NO/c1-13-7-8-17(21-10-13)24-9-3-4-14(11-24)12-25-16-6-2-5-15-18(16)19(20)23-26-22-15;1-3-5-8(4-2)6-9-7-10/h2,5-8,10,14,22H,3-4,9,11-12H2,1H3,(H2,20,23);7-8H,3-6H2,1-2H3,(H,9,10). The molecule has 0 aliphatic carbocycles. The van der Waals surface area contributed by atoms with Gasteiger partial charge in [0.05, 0.1) is 30.0 Å². The Morgan fingerprint density at radius 1 is 1.33 bits per heavy atom. The Bertz CT molecular complexity index is 985. The fraction of sp³-hybridized carbons (Fsp3) is 0.519. The van der Waals surface area contributed by atoms with Crippen LogP contribution in [0.2, 0.25) is 0 Å². The van der Waals surface area contributed by atoms with E-state index in [-0.39, 0.29) is 0 Å². The number of aryl methyl sites for hydroxylation is 1. The molecule has 1 aromatic heterocycles. The number of carbonyl (C=O) groups excluding carboxylic acids is 1. The number of aromatic nitrogens is 1. The highest BCUT2D eigenvalue weighted by Crippen LogP contribution is 2.33. The van der Waals surface area contributed by atoms with Gasteiger partial charge in [-0.25, -0.2) is 4.98 Å². The van der Waals surface area contributed by atoms with Gasteiger partial charge in [0.2, 0.25) is 6.41 Å². The minimum Gasteiger partial charge on any atom is -0.492 e. The number of amides is 1. The predicted octanol–water partition coefficient (Wildman–Crippen LogP) is 4.94. The molecule has 1 amide bonds. The number of fused-ring (bicyclic) bond motifs is 1. The molecule has 9 heteroatoms. The van der Waals surface area contributed by atoms with Crippen LogP contribution < -0.4 is 25.4 Å². The van der Waals surface area contributed by atoms with Gasteiger partial charge in [0.25, 0.3) is 0 Å². The molecule has 3 heterocycles. The normalized spacial score (nSPS) is 17.5. The molecule has 4 N–H and O–H groups in total. The van der Waals surface area contributed by atoms with Crippen LogP contribution in [0.1, 0.15) is 57.1 Å². The molecule has 1 fully saturated rings. The molecule has 2 aromatic rings. The number of hydrogen-bond acceptors (Lipinski definition) is 8. The lowest BCUT2D eigenvalue weighted by molar-refractivity contribution is -0.109. The molecule has 2 aliphatic rings. The number of piperidine rings is 1. The fourth-order valence-corrected chi connectivity index (χ4v) is 5.01. The number of pyridine rings is 1. The third kappa shape index (κ3) is 8.05. The number of nitrogens with zero attached hydrogens (tertiary/aromatic N) is 3. The summed E-state index contributed by atoms with van der Waals surface area (Å²) in [6.07, 6.45) is 8.61. The summed E-state index contributed by atoms with van der Waals surface area (Å²) in [6, 6.07) is 10.1. The SMILES string of the molecule is CCCC(CC)CNC=O.Cc1ccc(N2CCCC(COc3cccc4c3C(N)=NSN4)C2)nc1. The molecule has 0 radical (unpaired) electrons. The van der Waals surface area contributed by atoms with Gasteiger partial charge in [-0.05, 0) is 55.9 Å². The Hall–Kier alpha value is -2.94. The second-order valence-electron chi connectivity index (χ2n) is 9.40. The number of rotatable bonds is 10. The lowest BCUT2D eigenvalue weighted by atomic mass is 9.99. The zero-order chi connectivity index (χ0) is 25.8. The van der Waals surface area contributed by atoms with Gasteiger partial charge in [-0.1, -0.05) is 38.8 Å². The van der Waals surface area contributed by atoms with E-state index in [1.54, 1.807) is 0 Å². The van der Waals surface area contributed by atoms with Crippen LogP contribution >= 0.6 is 12.1 Å². The molecule has 1 saturated heterocycles. The first-order valence-corrected chi connectivity index (χ1v) is 13.7. The first kappa shape index (κ1) is 27.6. The number of nitrogens with two attached hydrogens (primary N) is 1. The lowest BCUT2D eigenvalue weighted by Gasteiger charge is -2.33. The van der Waals surface area contributed by atoms with E-state index >= 15 is 0 Å². The Morgan fingerprint density at radius 3 is 2.92 bits per heavy atom. The van der Waals surface area contributed by atoms with Crippen LogP contribution in [-0.2, 0) is 4.79 Å². The monoisotopic (exact) mass is 512 g/mol. The van der Waals surface area contributed by atoms with Crippen molar-refractivity contribution < 1.29 is 9.53 Å². The lowest BCUT2D eigenvalue weighted by Crippen LogP contribution is -2.38. The van der Waals surface area contributed by atoms with Crippen LogP contribution in [0, 0.1) is 18.8 Å². The Kier molecular flexibility index (Phi) is 11.2. The molecule has 1 aromatic carbocycles. The molecule has 2 atom stereocenters. The van der Waals surface area contributed by atoms with Gasteiger partial charge >= 0.3 is 0 Å². The largest absolute Gasteiger partial charge is 0.492 e. The maximum absolute atomic E-state index is 9.92. The second-order valence-corrected chi connectivity index (χ2v) is 9.97. The average molecular weight is 513 g/mol. The molecule has 0 saturated carbocycles. The summed E-state index contributed by atoms with van der Waals surface area (Å²) in [5.41, 5.74) is 9.06. The summed E-state index contributed by atoms with van der Waals surface area (Å²) in [7, 11) is 0. The quantitative estimate of drug-likeness (QED) is 0.306. The van der Waals surface area contributed by atoms with Crippen molar-refractivity contribution in [2.24, 2.45) is 22.0 Å². The molecule has 196 valence electrons. The van der Waals surface area contributed by atoms with Crippen LogP contribution in [0.3, 0.4) is 0 Å². The molecule has 2 aliphatic heterocycles. The number of ether oxygens (including phenoxy) is 1. The highest BCUT2D eigenvalue weighted by molar-refractivity contribution is 7.99. The van der Waals surface area contributed by atoms with Crippen LogP contribution in [0.4, 0.5) is 11.5 Å². The average Bonchev–Trinajstić information content (AvgIpc) is 2.91. The fourth-order valence-electron chi connectivity index (χ4n) is 4.50. The number of benzene rings is 1. The third-order valence-corrected chi connectivity index (χ3v) is 7.16. The summed E-state index contributed by atoms with van der Waals surface area (Å²) >= 11 is 1.24. The number of nitrogens with one attached hydrogen (secondary N) is 2. The Labute approximate surface area is 219 Å². The molecular formula is C27H40N6O2S. The van der Waals surface area contributed by atoms with Crippen molar-refractivity contribution in [2.45, 2.75) is 52.9 Å². The Balaban J connectivity index is 0.000000308. The highest BCUT2D eigenvalue weighted by atomic mass is 32.2. The van der Waals surface area contributed by atoms with Crippen molar-refractivity contribution in [2.75, 3.05) is 35.9 Å². The van der Waals surface area contributed by atoms with Crippen molar-refractivity contribution >= 4 is 35.9 Å². The van der Waals surface area contributed by atoms with Crippen molar-refractivity contribution in [1.29, 1.82) is 0 Å². The van der Waals surface area contributed by atoms with Crippen LogP contribution in [-0.4, -0.2) is 43.5 Å². The molecule has 0 spiro atoms. The van der Waals surface area contributed by atoms with Gasteiger partial charge in [0, 0.05) is 31.7 Å². The first-order valence-electron chi connectivity index (χ1n) is 12.9. The van der Waals surface area contributed by atoms with Crippen LogP contribution in [0.15, 0.2) is 40.9 Å². The zero-order valence-electron chi connectivity index (χ0n) is 21.7. The molecular weight excluding hydrogens is 472 g/mol. The summed E-state index contributed by atoms with van der Waals surface area (Å²) < 4.78 is 13.5. The summed E-state index contributed by atoms with van der Waals surface area (Å²) in [5, 5.41) is 2.70. The maximum Gasteiger partial charge on any atom is 0.207 e. The maximum atomic E-state index is 9.92. The highest BCUT2D eigenvalue weighted by Gasteiger charge is 2.23. The Morgan fingerprint density at radius 2 is 2.19 bits per heavy atom. The van der Waals surface area contributed by atoms with E-state index in [4.69, 9.17) is 10.5 Å². The molecule has 4 rings (SSSR count). The minimum atomic E-state index is 0.465. The number of amidine groups is 1. The molecule has 36 heavy (non-hydrogen) atoms. The van der Waals surface area contributed by atoms with Gasteiger partial charge < -0.3 is 25.4 Å². The van der Waals surface area contributed by atoms with Gasteiger partial charge in [-0.2, -0.15) is 4.40 Å². The van der Waals surface area contributed by atoms with Gasteiger partial charge in [0.1, 0.15) is 17.4 Å². The summed E-state index contributed by atoms with van der Waals surface area (Å²) in [5.74, 6) is 3.49. The second kappa shape index (κ2) is 14.6. The summed E-state index contributed by atoms with van der Waals surface area (Å²) in [6.45, 7) is 9.91. The topological polar surface area (TPSA) is 105 Å². The van der Waals surface area contributed by atoms with Crippen molar-refractivity contribution in [3.63, 3.8) is 0 Å². The molecule has 8 nitrogen and oxygen atoms in total. The predicted molar refractivity (Wildman–Crippen MR) is 151 cm³/mol. The van der Waals surface area contributed by atoms with E-state index in [9.17, 15) is 4.79 Å². The van der Waals surface area contributed by atoms with E-state index in [1.165, 1.54) is 30.5 Å². The van der Waals surface area contributed by atoms with Crippen molar-refractivity contribution in [1.82, 2.24) is 10.3 Å². The number of carbonyl (C=O) groups is 1. The number of anilines is 2. The molecule has 2 unspecified atom stereocenters. The van der Waals surface area contributed by atoms with E-state index in [0.717, 1.165) is 68.1 Å². The zero-order valence-corrected chi connectivity index (χ0v) is 22.5. The minimum absolute atomic E-state index is 0.465. The van der Waals surface area contributed by atoms with Crippen molar-refractivity contribution in [3.05, 3.63) is 47.7 Å². The van der Waals surface area contributed by atoms with E-state index < -0.39 is 0 Å². The van der Waals surface area contributed by atoms with Crippen molar-refractivity contribution in [3.8, 4) is 5.75 Å². The van der Waals surface area contributed by atoms with E-state index in [1.807, 2.05) is 24.4 Å². The molecule has 0 bridgehead atoms. The van der Waals surface area contributed by atoms with Crippen LogP contribution in [0.25, 0.3) is 0 Å². The summed E-state index contributed by atoms with van der Waals surface area (Å²) in [4.78, 5) is 16.8. The van der Waals surface area contributed by atoms with E-state index in [0.29, 0.717) is 24.3 Å². The van der Waals surface area contributed by atoms with Gasteiger partial charge in [-0.3, -0.25) is 4.79 Å². The van der Waals surface area contributed by atoms with Crippen LogP contribution in [0.5, 0.6) is 5.75 Å². The smallest absolute Gasteiger partial charge is 0.207 e. The van der Waals surface area contributed by atoms with E-state index in [2.05, 4.69) is 57.2 Å². The van der Waals surface area contributed by atoms with Gasteiger partial charge in [-0.15, -0.1) is 0 Å². The van der Waals surface area contributed by atoms with Gasteiger partial charge in [0.15, 0.2) is 0 Å².